The van der Waals surface area contributed by atoms with Gasteiger partial charge in [0.05, 0.1) is 29.6 Å². The zero-order chi connectivity index (χ0) is 21.7. The number of ether oxygens (including phenoxy) is 3. The smallest absolute Gasteiger partial charge is 0.347 e. The van der Waals surface area contributed by atoms with E-state index in [0.29, 0.717) is 33.8 Å². The van der Waals surface area contributed by atoms with Crippen molar-refractivity contribution in [2.45, 2.75) is 39.8 Å². The van der Waals surface area contributed by atoms with E-state index in [0.717, 1.165) is 0 Å². The zero-order valence-electron chi connectivity index (χ0n) is 16.8. The topological polar surface area (TPSA) is 103 Å². The number of hydrogen-bond donors (Lipinski definition) is 2. The molecule has 1 fully saturated rings. The van der Waals surface area contributed by atoms with Crippen LogP contribution in [0.15, 0.2) is 28.9 Å². The molecule has 1 saturated heterocycles. The van der Waals surface area contributed by atoms with Gasteiger partial charge in [-0.3, -0.25) is 4.79 Å². The van der Waals surface area contributed by atoms with Crippen LogP contribution in [-0.4, -0.2) is 37.1 Å². The summed E-state index contributed by atoms with van der Waals surface area (Å²) in [5.74, 6) is -0.579. The van der Waals surface area contributed by atoms with Crippen LogP contribution in [0.25, 0.3) is 0 Å². The molecular weight excluding hydrogens is 444 g/mol. The summed E-state index contributed by atoms with van der Waals surface area (Å²) in [4.78, 5) is 36.1. The fourth-order valence-corrected chi connectivity index (χ4v) is 3.62. The second-order valence-electron chi connectivity index (χ2n) is 6.46. The number of halogens is 1. The standard InChI is InChI=1S/C20H25BrN2O6/c1-6-27-15-9-13(17-16(11(4)24)10(3)22-20(26)23-17)8-14(21)18(15)29-12(5)19(25)28-7-2/h8-9,12,16-17H,3,6-7H2,1-2,4-5H3,(H2,22,23,26)/t12-,16-,17+/m1/s1. The van der Waals surface area contributed by atoms with Crippen molar-refractivity contribution in [3.63, 3.8) is 0 Å². The van der Waals surface area contributed by atoms with Crippen LogP contribution < -0.4 is 20.1 Å². The number of urea groups is 1. The first-order valence-electron chi connectivity index (χ1n) is 9.25. The molecule has 8 nitrogen and oxygen atoms in total. The normalized spacial score (nSPS) is 19.6. The van der Waals surface area contributed by atoms with Crippen LogP contribution in [0.1, 0.15) is 39.3 Å². The average molecular weight is 469 g/mol. The summed E-state index contributed by atoms with van der Waals surface area (Å²) < 4.78 is 17.0. The molecule has 2 amide bonds. The molecule has 1 aromatic carbocycles. The Morgan fingerprint density at radius 1 is 1.28 bits per heavy atom. The fourth-order valence-electron chi connectivity index (χ4n) is 3.07. The Morgan fingerprint density at radius 3 is 2.55 bits per heavy atom. The number of amides is 2. The zero-order valence-corrected chi connectivity index (χ0v) is 18.4. The third-order valence-corrected chi connectivity index (χ3v) is 4.90. The van der Waals surface area contributed by atoms with E-state index in [1.165, 1.54) is 6.92 Å². The van der Waals surface area contributed by atoms with Gasteiger partial charge < -0.3 is 24.8 Å². The molecule has 0 aliphatic carbocycles. The van der Waals surface area contributed by atoms with Crippen molar-refractivity contribution >= 4 is 33.7 Å². The summed E-state index contributed by atoms with van der Waals surface area (Å²) in [5.41, 5.74) is 0.962. The molecule has 1 aliphatic rings. The number of ketones is 1. The van der Waals surface area contributed by atoms with Gasteiger partial charge in [-0.1, -0.05) is 6.58 Å². The van der Waals surface area contributed by atoms with Crippen molar-refractivity contribution in [3.8, 4) is 11.5 Å². The van der Waals surface area contributed by atoms with Crippen molar-refractivity contribution in [1.29, 1.82) is 0 Å². The molecule has 0 bridgehead atoms. The van der Waals surface area contributed by atoms with Gasteiger partial charge in [0.25, 0.3) is 0 Å². The SMILES string of the molecule is C=C1NC(=O)N[C@@H](c2cc(Br)c(O[C@H](C)C(=O)OCC)c(OCC)c2)[C@H]1C(C)=O. The van der Waals surface area contributed by atoms with E-state index < -0.39 is 30.1 Å². The maximum atomic E-state index is 12.2. The summed E-state index contributed by atoms with van der Waals surface area (Å²) in [5, 5.41) is 5.31. The van der Waals surface area contributed by atoms with Gasteiger partial charge in [0.15, 0.2) is 17.6 Å². The lowest BCUT2D eigenvalue weighted by molar-refractivity contribution is -0.150. The van der Waals surface area contributed by atoms with E-state index in [4.69, 9.17) is 14.2 Å². The number of rotatable bonds is 8. The molecule has 1 aliphatic heterocycles. The minimum absolute atomic E-state index is 0.141. The molecule has 0 radical (unpaired) electrons. The highest BCUT2D eigenvalue weighted by Gasteiger charge is 2.36. The first-order chi connectivity index (χ1) is 13.7. The van der Waals surface area contributed by atoms with Crippen LogP contribution in [0.5, 0.6) is 11.5 Å². The molecule has 0 spiro atoms. The Morgan fingerprint density at radius 2 is 1.97 bits per heavy atom. The first-order valence-corrected chi connectivity index (χ1v) is 10.0. The predicted octanol–water partition coefficient (Wildman–Crippen LogP) is 3.25. The van der Waals surface area contributed by atoms with Crippen molar-refractivity contribution < 1.29 is 28.6 Å². The van der Waals surface area contributed by atoms with E-state index in [1.807, 2.05) is 6.92 Å². The number of hydrogen-bond acceptors (Lipinski definition) is 6. The highest BCUT2D eigenvalue weighted by Crippen LogP contribution is 2.41. The van der Waals surface area contributed by atoms with Crippen molar-refractivity contribution in [2.75, 3.05) is 13.2 Å². The monoisotopic (exact) mass is 468 g/mol. The van der Waals surface area contributed by atoms with Crippen LogP contribution in [-0.2, 0) is 14.3 Å². The summed E-state index contributed by atoms with van der Waals surface area (Å²) in [6.07, 6.45) is -0.848. The third-order valence-electron chi connectivity index (χ3n) is 4.31. The molecule has 1 aromatic rings. The lowest BCUT2D eigenvalue weighted by Gasteiger charge is -2.33. The molecule has 0 unspecified atom stereocenters. The highest BCUT2D eigenvalue weighted by atomic mass is 79.9. The summed E-state index contributed by atoms with van der Waals surface area (Å²) in [7, 11) is 0. The minimum atomic E-state index is -0.848. The van der Waals surface area contributed by atoms with Crippen LogP contribution in [0.3, 0.4) is 0 Å². The highest BCUT2D eigenvalue weighted by molar-refractivity contribution is 9.10. The van der Waals surface area contributed by atoms with Crippen molar-refractivity contribution in [1.82, 2.24) is 10.6 Å². The Labute approximate surface area is 178 Å². The van der Waals surface area contributed by atoms with Crippen molar-refractivity contribution in [2.24, 2.45) is 5.92 Å². The molecular formula is C20H25BrN2O6. The third kappa shape index (κ3) is 5.29. The second-order valence-corrected chi connectivity index (χ2v) is 7.32. The maximum absolute atomic E-state index is 12.2. The van der Waals surface area contributed by atoms with Crippen LogP contribution in [0.2, 0.25) is 0 Å². The molecule has 2 rings (SSSR count). The van der Waals surface area contributed by atoms with Crippen LogP contribution in [0, 0.1) is 5.92 Å². The molecule has 0 saturated carbocycles. The van der Waals surface area contributed by atoms with E-state index in [1.54, 1.807) is 26.0 Å². The number of nitrogens with one attached hydrogen (secondary N) is 2. The van der Waals surface area contributed by atoms with Gasteiger partial charge >= 0.3 is 12.0 Å². The van der Waals surface area contributed by atoms with E-state index >= 15 is 0 Å². The minimum Gasteiger partial charge on any atom is -0.490 e. The molecule has 1 heterocycles. The van der Waals surface area contributed by atoms with Gasteiger partial charge in [0, 0.05) is 5.70 Å². The molecule has 3 atom stereocenters. The first kappa shape index (κ1) is 22.7. The Kier molecular flexibility index (Phi) is 7.66. The van der Waals surface area contributed by atoms with Gasteiger partial charge in [-0.05, 0) is 61.3 Å². The number of carbonyl (C=O) groups is 3. The van der Waals surface area contributed by atoms with Gasteiger partial charge in [0.1, 0.15) is 5.78 Å². The van der Waals surface area contributed by atoms with Gasteiger partial charge in [-0.25, -0.2) is 9.59 Å². The Hall–Kier alpha value is -2.55. The summed E-state index contributed by atoms with van der Waals surface area (Å²) >= 11 is 3.45. The quantitative estimate of drug-likeness (QED) is 0.567. The maximum Gasteiger partial charge on any atom is 0.347 e. The van der Waals surface area contributed by atoms with Crippen LogP contribution >= 0.6 is 15.9 Å². The fraction of sp³-hybridized carbons (Fsp3) is 0.450. The van der Waals surface area contributed by atoms with E-state index in [-0.39, 0.29) is 12.4 Å². The average Bonchev–Trinajstić information content (AvgIpc) is 2.63. The predicted molar refractivity (Wildman–Crippen MR) is 110 cm³/mol. The number of esters is 1. The molecule has 9 heteroatoms. The van der Waals surface area contributed by atoms with Gasteiger partial charge in [-0.2, -0.15) is 0 Å². The summed E-state index contributed by atoms with van der Waals surface area (Å²) in [6, 6.07) is 2.33. The van der Waals surface area contributed by atoms with Crippen LogP contribution in [0.4, 0.5) is 4.79 Å². The second kappa shape index (κ2) is 9.78. The van der Waals surface area contributed by atoms with E-state index in [9.17, 15) is 14.4 Å². The van der Waals surface area contributed by atoms with Gasteiger partial charge in [-0.15, -0.1) is 0 Å². The lowest BCUT2D eigenvalue weighted by Crippen LogP contribution is -2.50. The number of carbonyl (C=O) groups excluding carboxylic acids is 3. The largest absolute Gasteiger partial charge is 0.490 e. The van der Waals surface area contributed by atoms with Crippen molar-refractivity contribution in [3.05, 3.63) is 34.4 Å². The number of Topliss-reactive ketones (excluding diaryl/α,β-unsaturated/α-hetero) is 1. The Balaban J connectivity index is 2.44. The molecule has 2 N–H and O–H groups in total. The number of benzene rings is 1. The lowest BCUT2D eigenvalue weighted by atomic mass is 9.86. The summed E-state index contributed by atoms with van der Waals surface area (Å²) in [6.45, 7) is 11.0. The molecule has 29 heavy (non-hydrogen) atoms. The molecule has 158 valence electrons. The van der Waals surface area contributed by atoms with E-state index in [2.05, 4.69) is 33.1 Å². The van der Waals surface area contributed by atoms with Gasteiger partial charge in [0.2, 0.25) is 0 Å². The Bertz CT molecular complexity index is 825. The molecule has 0 aromatic heterocycles.